The van der Waals surface area contributed by atoms with Gasteiger partial charge in [0.1, 0.15) is 5.82 Å². The van der Waals surface area contributed by atoms with Crippen LogP contribution in [0.15, 0.2) is 42.5 Å². The monoisotopic (exact) mass is 321 g/mol. The van der Waals surface area contributed by atoms with Crippen LogP contribution in [0.4, 0.5) is 10.1 Å². The third-order valence-electron chi connectivity index (χ3n) is 2.83. The van der Waals surface area contributed by atoms with Crippen molar-refractivity contribution in [3.05, 3.63) is 64.4 Å². The summed E-state index contributed by atoms with van der Waals surface area (Å²) in [7, 11) is 0. The summed E-state index contributed by atoms with van der Waals surface area (Å²) in [5.41, 5.74) is 0.858. The zero-order chi connectivity index (χ0) is 16.1. The van der Waals surface area contributed by atoms with Crippen molar-refractivity contribution >= 4 is 29.2 Å². The molecule has 114 valence electrons. The highest BCUT2D eigenvalue weighted by Gasteiger charge is 2.13. The Bertz CT molecular complexity index is 701. The minimum absolute atomic E-state index is 0.167. The number of benzene rings is 2. The fourth-order valence-corrected chi connectivity index (χ4v) is 1.97. The Morgan fingerprint density at radius 1 is 1.18 bits per heavy atom. The topological polar surface area (TPSA) is 55.4 Å². The summed E-state index contributed by atoms with van der Waals surface area (Å²) in [5, 5.41) is 2.85. The second-order valence-corrected chi connectivity index (χ2v) is 4.78. The van der Waals surface area contributed by atoms with Gasteiger partial charge in [-0.15, -0.1) is 0 Å². The molecule has 0 aliphatic rings. The van der Waals surface area contributed by atoms with Crippen LogP contribution in [0.5, 0.6) is 0 Å². The molecule has 1 N–H and O–H groups in total. The molecule has 0 aromatic heterocycles. The van der Waals surface area contributed by atoms with Gasteiger partial charge in [0.25, 0.3) is 5.91 Å². The largest absolute Gasteiger partial charge is 0.462 e. The SMILES string of the molecule is CCOC(=O)c1cc(NC(=O)c2ccc(F)cc2)ccc1Cl. The standard InChI is InChI=1S/C16H13ClFNO3/c1-2-22-16(21)13-9-12(7-8-14(13)17)19-15(20)10-3-5-11(18)6-4-10/h3-9H,2H2,1H3,(H,19,20). The minimum atomic E-state index is -0.564. The molecule has 0 unspecified atom stereocenters. The molecule has 1 amide bonds. The molecule has 0 spiro atoms. The quantitative estimate of drug-likeness (QED) is 0.869. The van der Waals surface area contributed by atoms with E-state index in [1.807, 2.05) is 0 Å². The lowest BCUT2D eigenvalue weighted by Gasteiger charge is -2.09. The Morgan fingerprint density at radius 3 is 2.50 bits per heavy atom. The van der Waals surface area contributed by atoms with Gasteiger partial charge >= 0.3 is 5.97 Å². The van der Waals surface area contributed by atoms with Gasteiger partial charge in [-0.1, -0.05) is 11.6 Å². The highest BCUT2D eigenvalue weighted by atomic mass is 35.5. The number of carbonyl (C=O) groups is 2. The van der Waals surface area contributed by atoms with Gasteiger partial charge < -0.3 is 10.1 Å². The van der Waals surface area contributed by atoms with E-state index in [4.69, 9.17) is 16.3 Å². The van der Waals surface area contributed by atoms with Crippen LogP contribution in [0.2, 0.25) is 5.02 Å². The molecule has 0 saturated carbocycles. The van der Waals surface area contributed by atoms with E-state index in [2.05, 4.69) is 5.32 Å². The third kappa shape index (κ3) is 3.83. The Balaban J connectivity index is 2.19. The summed E-state index contributed by atoms with van der Waals surface area (Å²) in [6, 6.07) is 9.61. The minimum Gasteiger partial charge on any atom is -0.462 e. The maximum Gasteiger partial charge on any atom is 0.339 e. The maximum absolute atomic E-state index is 12.8. The number of esters is 1. The van der Waals surface area contributed by atoms with Crippen LogP contribution in [-0.2, 0) is 4.74 Å². The number of halogens is 2. The van der Waals surface area contributed by atoms with Crippen LogP contribution in [0.25, 0.3) is 0 Å². The molecule has 0 radical (unpaired) electrons. The molecule has 0 bridgehead atoms. The lowest BCUT2D eigenvalue weighted by Crippen LogP contribution is -2.13. The highest BCUT2D eigenvalue weighted by molar-refractivity contribution is 6.33. The molecule has 2 aromatic rings. The lowest BCUT2D eigenvalue weighted by atomic mass is 10.1. The van der Waals surface area contributed by atoms with Crippen LogP contribution in [0.3, 0.4) is 0 Å². The molecule has 2 aromatic carbocycles. The van der Waals surface area contributed by atoms with Gasteiger partial charge in [0, 0.05) is 11.3 Å². The average molecular weight is 322 g/mol. The summed E-state index contributed by atoms with van der Waals surface area (Å²) in [4.78, 5) is 23.8. The van der Waals surface area contributed by atoms with Crippen LogP contribution in [0, 0.1) is 5.82 Å². The molecular formula is C16H13ClFNO3. The smallest absolute Gasteiger partial charge is 0.339 e. The normalized spacial score (nSPS) is 10.1. The third-order valence-corrected chi connectivity index (χ3v) is 3.16. The zero-order valence-electron chi connectivity index (χ0n) is 11.7. The van der Waals surface area contributed by atoms with E-state index in [1.165, 1.54) is 36.4 Å². The van der Waals surface area contributed by atoms with E-state index in [0.29, 0.717) is 11.3 Å². The first-order chi connectivity index (χ1) is 10.5. The van der Waals surface area contributed by atoms with Gasteiger partial charge in [-0.25, -0.2) is 9.18 Å². The molecule has 2 rings (SSSR count). The van der Waals surface area contributed by atoms with E-state index in [1.54, 1.807) is 13.0 Å². The number of anilines is 1. The van der Waals surface area contributed by atoms with E-state index in [0.717, 1.165) is 0 Å². The van der Waals surface area contributed by atoms with E-state index < -0.39 is 17.7 Å². The molecule has 6 heteroatoms. The summed E-state index contributed by atoms with van der Waals surface area (Å²) in [6.45, 7) is 1.91. The Kier molecular flexibility index (Phi) is 5.12. The number of amides is 1. The van der Waals surface area contributed by atoms with Crippen molar-refractivity contribution in [2.75, 3.05) is 11.9 Å². The van der Waals surface area contributed by atoms with E-state index in [9.17, 15) is 14.0 Å². The number of hydrogen-bond acceptors (Lipinski definition) is 3. The Labute approximate surface area is 131 Å². The molecule has 0 aliphatic carbocycles. The lowest BCUT2D eigenvalue weighted by molar-refractivity contribution is 0.0526. The second kappa shape index (κ2) is 7.04. The molecule has 4 nitrogen and oxygen atoms in total. The molecule has 0 heterocycles. The van der Waals surface area contributed by atoms with E-state index in [-0.39, 0.29) is 17.2 Å². The van der Waals surface area contributed by atoms with Crippen molar-refractivity contribution in [1.82, 2.24) is 0 Å². The number of nitrogens with one attached hydrogen (secondary N) is 1. The Morgan fingerprint density at radius 2 is 1.86 bits per heavy atom. The number of rotatable bonds is 4. The number of ether oxygens (including phenoxy) is 1. The van der Waals surface area contributed by atoms with Gasteiger partial charge in [0.05, 0.1) is 17.2 Å². The fraction of sp³-hybridized carbons (Fsp3) is 0.125. The van der Waals surface area contributed by atoms with Gasteiger partial charge in [-0.3, -0.25) is 4.79 Å². The first-order valence-electron chi connectivity index (χ1n) is 6.55. The summed E-state index contributed by atoms with van der Waals surface area (Å²) in [6.07, 6.45) is 0. The predicted octanol–water partition coefficient (Wildman–Crippen LogP) is 3.91. The van der Waals surface area contributed by atoms with Gasteiger partial charge in [-0.2, -0.15) is 0 Å². The van der Waals surface area contributed by atoms with Crippen LogP contribution in [-0.4, -0.2) is 18.5 Å². The van der Waals surface area contributed by atoms with Gasteiger partial charge in [0.2, 0.25) is 0 Å². The van der Waals surface area contributed by atoms with Crippen LogP contribution in [0.1, 0.15) is 27.6 Å². The van der Waals surface area contributed by atoms with Gasteiger partial charge in [-0.05, 0) is 49.4 Å². The zero-order valence-corrected chi connectivity index (χ0v) is 12.5. The van der Waals surface area contributed by atoms with Crippen LogP contribution < -0.4 is 5.32 Å². The maximum atomic E-state index is 12.8. The van der Waals surface area contributed by atoms with Crippen LogP contribution >= 0.6 is 11.6 Å². The molecule has 0 aliphatic heterocycles. The molecular weight excluding hydrogens is 309 g/mol. The van der Waals surface area contributed by atoms with Crippen molar-refractivity contribution in [2.24, 2.45) is 0 Å². The number of carbonyl (C=O) groups excluding carboxylic acids is 2. The second-order valence-electron chi connectivity index (χ2n) is 4.38. The van der Waals surface area contributed by atoms with Crippen molar-refractivity contribution in [3.8, 4) is 0 Å². The van der Waals surface area contributed by atoms with Crippen molar-refractivity contribution < 1.29 is 18.7 Å². The first kappa shape index (κ1) is 16.0. The average Bonchev–Trinajstić information content (AvgIpc) is 2.50. The fourth-order valence-electron chi connectivity index (χ4n) is 1.77. The van der Waals surface area contributed by atoms with E-state index >= 15 is 0 Å². The van der Waals surface area contributed by atoms with Gasteiger partial charge in [0.15, 0.2) is 0 Å². The highest BCUT2D eigenvalue weighted by Crippen LogP contribution is 2.22. The van der Waals surface area contributed by atoms with Crippen molar-refractivity contribution in [1.29, 1.82) is 0 Å². The van der Waals surface area contributed by atoms with Crippen molar-refractivity contribution in [3.63, 3.8) is 0 Å². The molecule has 0 saturated heterocycles. The molecule has 0 fully saturated rings. The molecule has 22 heavy (non-hydrogen) atoms. The molecule has 0 atom stereocenters. The Hall–Kier alpha value is -2.40. The predicted molar refractivity (Wildman–Crippen MR) is 81.8 cm³/mol. The summed E-state index contributed by atoms with van der Waals surface area (Å²) >= 11 is 5.94. The summed E-state index contributed by atoms with van der Waals surface area (Å²) in [5.74, 6) is -1.41. The number of hydrogen-bond donors (Lipinski definition) is 1. The summed E-state index contributed by atoms with van der Waals surface area (Å²) < 4.78 is 17.7. The first-order valence-corrected chi connectivity index (χ1v) is 6.92. The van der Waals surface area contributed by atoms with Crippen molar-refractivity contribution in [2.45, 2.75) is 6.92 Å².